The summed E-state index contributed by atoms with van der Waals surface area (Å²) >= 11 is 0. The molecule has 0 unspecified atom stereocenters. The molecule has 0 saturated heterocycles. The van der Waals surface area contributed by atoms with Crippen molar-refractivity contribution in [3.63, 3.8) is 0 Å². The standard InChI is InChI=1S/C12H8F3NO3/c13-12(14,15)11(18)19-10(17)8-5-7-3-1-2-4-9(7)16-6-8/h1-5,16H,6H2. The van der Waals surface area contributed by atoms with Crippen molar-refractivity contribution in [1.82, 2.24) is 0 Å². The summed E-state index contributed by atoms with van der Waals surface area (Å²) in [5.41, 5.74) is 1.35. The van der Waals surface area contributed by atoms with E-state index in [1.165, 1.54) is 6.08 Å². The predicted octanol–water partition coefficient (Wildman–Crippen LogP) is 2.13. The zero-order chi connectivity index (χ0) is 14.0. The third-order valence-corrected chi connectivity index (χ3v) is 2.44. The zero-order valence-electron chi connectivity index (χ0n) is 9.45. The molecule has 1 aliphatic heterocycles. The Hall–Kier alpha value is -2.31. The maximum Gasteiger partial charge on any atom is 0.491 e. The van der Waals surface area contributed by atoms with Crippen LogP contribution in [0.5, 0.6) is 0 Å². The maximum absolute atomic E-state index is 12.0. The van der Waals surface area contributed by atoms with Gasteiger partial charge in [0.15, 0.2) is 0 Å². The monoisotopic (exact) mass is 271 g/mol. The predicted molar refractivity (Wildman–Crippen MR) is 60.1 cm³/mol. The highest BCUT2D eigenvalue weighted by molar-refractivity contribution is 6.02. The molecule has 1 N–H and O–H groups in total. The summed E-state index contributed by atoms with van der Waals surface area (Å²) in [6.07, 6.45) is -3.80. The van der Waals surface area contributed by atoms with Crippen molar-refractivity contribution in [2.75, 3.05) is 11.9 Å². The van der Waals surface area contributed by atoms with Crippen molar-refractivity contribution in [2.45, 2.75) is 6.18 Å². The fraction of sp³-hybridized carbons (Fsp3) is 0.167. The van der Waals surface area contributed by atoms with Crippen molar-refractivity contribution >= 4 is 23.7 Å². The summed E-state index contributed by atoms with van der Waals surface area (Å²) < 4.78 is 39.6. The average Bonchev–Trinajstić information content (AvgIpc) is 2.37. The van der Waals surface area contributed by atoms with Crippen molar-refractivity contribution < 1.29 is 27.5 Å². The van der Waals surface area contributed by atoms with Gasteiger partial charge in [-0.25, -0.2) is 9.59 Å². The van der Waals surface area contributed by atoms with Gasteiger partial charge in [0.1, 0.15) is 0 Å². The van der Waals surface area contributed by atoms with Crippen molar-refractivity contribution in [1.29, 1.82) is 0 Å². The second-order valence-electron chi connectivity index (χ2n) is 3.79. The van der Waals surface area contributed by atoms with Crippen LogP contribution in [0, 0.1) is 0 Å². The summed E-state index contributed by atoms with van der Waals surface area (Å²) in [5, 5.41) is 2.84. The first kappa shape index (κ1) is 13.1. The van der Waals surface area contributed by atoms with Gasteiger partial charge in [-0.2, -0.15) is 13.2 Å². The molecule has 0 bridgehead atoms. The Morgan fingerprint density at radius 1 is 1.21 bits per heavy atom. The van der Waals surface area contributed by atoms with Gasteiger partial charge in [-0.3, -0.25) is 0 Å². The van der Waals surface area contributed by atoms with Gasteiger partial charge in [0.05, 0.1) is 5.57 Å². The van der Waals surface area contributed by atoms with E-state index in [0.29, 0.717) is 5.56 Å². The van der Waals surface area contributed by atoms with Crippen LogP contribution in [0.2, 0.25) is 0 Å². The van der Waals surface area contributed by atoms with E-state index >= 15 is 0 Å². The molecule has 1 aromatic rings. The number of rotatable bonds is 1. The van der Waals surface area contributed by atoms with Gasteiger partial charge in [-0.15, -0.1) is 0 Å². The van der Waals surface area contributed by atoms with Crippen LogP contribution in [-0.4, -0.2) is 24.7 Å². The Labute approximate surface area is 105 Å². The van der Waals surface area contributed by atoms with E-state index in [4.69, 9.17) is 0 Å². The molecule has 7 heteroatoms. The Morgan fingerprint density at radius 3 is 2.58 bits per heavy atom. The first-order chi connectivity index (χ1) is 8.88. The van der Waals surface area contributed by atoms with Gasteiger partial charge in [-0.1, -0.05) is 18.2 Å². The molecule has 0 radical (unpaired) electrons. The van der Waals surface area contributed by atoms with Gasteiger partial charge in [0, 0.05) is 12.2 Å². The number of hydrogen-bond donors (Lipinski definition) is 1. The number of ether oxygens (including phenoxy) is 1. The minimum atomic E-state index is -5.18. The number of carbonyl (C=O) groups is 2. The van der Waals surface area contributed by atoms with Crippen LogP contribution in [-0.2, 0) is 14.3 Å². The number of para-hydroxylation sites is 1. The molecule has 4 nitrogen and oxygen atoms in total. The minimum Gasteiger partial charge on any atom is -0.383 e. The fourth-order valence-electron chi connectivity index (χ4n) is 1.55. The van der Waals surface area contributed by atoms with Crippen LogP contribution in [0.4, 0.5) is 18.9 Å². The SMILES string of the molecule is O=C(OC(=O)C(F)(F)F)C1=Cc2ccccc2NC1. The minimum absolute atomic E-state index is 0.000976. The summed E-state index contributed by atoms with van der Waals surface area (Å²) in [7, 11) is 0. The number of esters is 2. The Kier molecular flexibility index (Phi) is 3.28. The Bertz CT molecular complexity index is 564. The lowest BCUT2D eigenvalue weighted by Gasteiger charge is -2.17. The quantitative estimate of drug-likeness (QED) is 0.628. The highest BCUT2D eigenvalue weighted by Crippen LogP contribution is 2.24. The van der Waals surface area contributed by atoms with Crippen LogP contribution < -0.4 is 5.32 Å². The van der Waals surface area contributed by atoms with Gasteiger partial charge in [0.2, 0.25) is 0 Å². The normalized spacial score (nSPS) is 13.9. The van der Waals surface area contributed by atoms with E-state index in [-0.39, 0.29) is 12.1 Å². The lowest BCUT2D eigenvalue weighted by Crippen LogP contribution is -2.30. The van der Waals surface area contributed by atoms with E-state index < -0.39 is 18.1 Å². The molecule has 0 aromatic heterocycles. The molecular formula is C12H8F3NO3. The van der Waals surface area contributed by atoms with Crippen LogP contribution in [0.3, 0.4) is 0 Å². The van der Waals surface area contributed by atoms with E-state index in [1.54, 1.807) is 24.3 Å². The van der Waals surface area contributed by atoms with Crippen LogP contribution in [0.1, 0.15) is 5.56 Å². The van der Waals surface area contributed by atoms with Crippen LogP contribution >= 0.6 is 0 Å². The van der Waals surface area contributed by atoms with Crippen LogP contribution in [0.25, 0.3) is 6.08 Å². The number of benzene rings is 1. The second kappa shape index (κ2) is 4.75. The number of fused-ring (bicyclic) bond motifs is 1. The molecule has 2 rings (SSSR count). The molecule has 1 aromatic carbocycles. The third-order valence-electron chi connectivity index (χ3n) is 2.44. The van der Waals surface area contributed by atoms with Crippen LogP contribution in [0.15, 0.2) is 29.8 Å². The molecule has 0 spiro atoms. The summed E-state index contributed by atoms with van der Waals surface area (Å²) in [6, 6.07) is 6.93. The summed E-state index contributed by atoms with van der Waals surface area (Å²) in [5.74, 6) is -3.82. The van der Waals surface area contributed by atoms with E-state index in [2.05, 4.69) is 10.1 Å². The number of halogens is 3. The largest absolute Gasteiger partial charge is 0.491 e. The average molecular weight is 271 g/mol. The molecule has 0 atom stereocenters. The third kappa shape index (κ3) is 2.93. The number of hydrogen-bond acceptors (Lipinski definition) is 4. The van der Waals surface area contributed by atoms with Crippen molar-refractivity contribution in [3.05, 3.63) is 35.4 Å². The van der Waals surface area contributed by atoms with Crippen molar-refractivity contribution in [2.24, 2.45) is 0 Å². The molecule has 0 amide bonds. The zero-order valence-corrected chi connectivity index (χ0v) is 9.45. The number of nitrogens with one attached hydrogen (secondary N) is 1. The maximum atomic E-state index is 12.0. The Balaban J connectivity index is 2.14. The van der Waals surface area contributed by atoms with Gasteiger partial charge in [-0.05, 0) is 17.7 Å². The first-order valence-electron chi connectivity index (χ1n) is 5.25. The van der Waals surface area contributed by atoms with Gasteiger partial charge >= 0.3 is 18.1 Å². The number of carbonyl (C=O) groups excluding carboxylic acids is 2. The van der Waals surface area contributed by atoms with E-state index in [1.807, 2.05) is 0 Å². The molecule has 19 heavy (non-hydrogen) atoms. The number of alkyl halides is 3. The highest BCUT2D eigenvalue weighted by atomic mass is 19.4. The topological polar surface area (TPSA) is 55.4 Å². The number of anilines is 1. The first-order valence-corrected chi connectivity index (χ1v) is 5.25. The second-order valence-corrected chi connectivity index (χ2v) is 3.79. The molecule has 100 valence electrons. The van der Waals surface area contributed by atoms with Crippen molar-refractivity contribution in [3.8, 4) is 0 Å². The van der Waals surface area contributed by atoms with E-state index in [9.17, 15) is 22.8 Å². The molecule has 0 saturated carbocycles. The molecule has 0 aliphatic carbocycles. The molecule has 1 heterocycles. The van der Waals surface area contributed by atoms with Gasteiger partial charge in [0.25, 0.3) is 0 Å². The van der Waals surface area contributed by atoms with E-state index in [0.717, 1.165) is 5.69 Å². The summed E-state index contributed by atoms with van der Waals surface area (Å²) in [6.45, 7) is 0.000976. The fourth-order valence-corrected chi connectivity index (χ4v) is 1.55. The summed E-state index contributed by atoms with van der Waals surface area (Å²) in [4.78, 5) is 22.0. The highest BCUT2D eigenvalue weighted by Gasteiger charge is 2.42. The Morgan fingerprint density at radius 2 is 1.89 bits per heavy atom. The lowest BCUT2D eigenvalue weighted by atomic mass is 10.0. The molecule has 0 fully saturated rings. The lowest BCUT2D eigenvalue weighted by molar-refractivity contribution is -0.200. The smallest absolute Gasteiger partial charge is 0.383 e. The molecule has 1 aliphatic rings. The molecular weight excluding hydrogens is 263 g/mol. The van der Waals surface area contributed by atoms with Gasteiger partial charge < -0.3 is 10.1 Å².